The van der Waals surface area contributed by atoms with Crippen molar-refractivity contribution < 1.29 is 9.53 Å². The molecule has 2 N–H and O–H groups in total. The van der Waals surface area contributed by atoms with Gasteiger partial charge in [0.1, 0.15) is 5.75 Å². The summed E-state index contributed by atoms with van der Waals surface area (Å²) < 4.78 is 5.50. The third-order valence-corrected chi connectivity index (χ3v) is 4.02. The Morgan fingerprint density at radius 2 is 2.14 bits per heavy atom. The number of nitrogens with zero attached hydrogens (tertiary/aromatic N) is 2. The molecule has 2 rings (SSSR count). The van der Waals surface area contributed by atoms with Crippen molar-refractivity contribution in [1.82, 2.24) is 9.80 Å². The Kier molecular flexibility index (Phi) is 5.44. The quantitative estimate of drug-likeness (QED) is 0.834. The van der Waals surface area contributed by atoms with Crippen LogP contribution in [0.1, 0.15) is 12.8 Å². The van der Waals surface area contributed by atoms with Crippen molar-refractivity contribution >= 4 is 11.6 Å². The fraction of sp³-hybridized carbons (Fsp3) is 0.562. The van der Waals surface area contributed by atoms with E-state index in [1.165, 1.54) is 0 Å². The van der Waals surface area contributed by atoms with Crippen molar-refractivity contribution in [3.63, 3.8) is 0 Å². The molecule has 5 heteroatoms. The molecular formula is C16H25N3O2. The van der Waals surface area contributed by atoms with E-state index in [1.54, 1.807) is 23.1 Å². The summed E-state index contributed by atoms with van der Waals surface area (Å²) in [6, 6.07) is 7.14. The summed E-state index contributed by atoms with van der Waals surface area (Å²) >= 11 is 0. The number of piperidine rings is 1. The molecule has 21 heavy (non-hydrogen) atoms. The van der Waals surface area contributed by atoms with Crippen LogP contribution in [-0.2, 0) is 4.79 Å². The number of hydrogen-bond donors (Lipinski definition) is 1. The number of anilines is 1. The molecule has 1 heterocycles. The minimum atomic E-state index is 0.0105. The number of rotatable bonds is 5. The molecule has 1 fully saturated rings. The van der Waals surface area contributed by atoms with Crippen LogP contribution < -0.4 is 10.5 Å². The van der Waals surface area contributed by atoms with Gasteiger partial charge in [0.25, 0.3) is 5.91 Å². The van der Waals surface area contributed by atoms with Crippen LogP contribution in [-0.4, -0.2) is 56.0 Å². The van der Waals surface area contributed by atoms with E-state index in [-0.39, 0.29) is 12.5 Å². The lowest BCUT2D eigenvalue weighted by molar-refractivity contribution is -0.132. The van der Waals surface area contributed by atoms with E-state index in [4.69, 9.17) is 10.5 Å². The summed E-state index contributed by atoms with van der Waals surface area (Å²) in [5.74, 6) is 1.25. The van der Waals surface area contributed by atoms with Gasteiger partial charge in [-0.15, -0.1) is 0 Å². The van der Waals surface area contributed by atoms with Crippen LogP contribution >= 0.6 is 0 Å². The lowest BCUT2D eigenvalue weighted by atomic mass is 9.97. The molecule has 0 atom stereocenters. The molecule has 5 nitrogen and oxygen atoms in total. The van der Waals surface area contributed by atoms with Crippen molar-refractivity contribution in [2.24, 2.45) is 5.92 Å². The average molecular weight is 291 g/mol. The fourth-order valence-corrected chi connectivity index (χ4v) is 2.59. The van der Waals surface area contributed by atoms with Crippen LogP contribution in [0, 0.1) is 5.92 Å². The van der Waals surface area contributed by atoms with Gasteiger partial charge in [-0.2, -0.15) is 0 Å². The zero-order valence-electron chi connectivity index (χ0n) is 12.9. The van der Waals surface area contributed by atoms with Gasteiger partial charge in [-0.3, -0.25) is 4.79 Å². The molecule has 1 aromatic rings. The molecule has 0 radical (unpaired) electrons. The highest BCUT2D eigenvalue weighted by atomic mass is 16.5. The van der Waals surface area contributed by atoms with Crippen LogP contribution in [0.25, 0.3) is 0 Å². The van der Waals surface area contributed by atoms with E-state index in [1.807, 2.05) is 13.1 Å². The van der Waals surface area contributed by atoms with E-state index >= 15 is 0 Å². The normalized spacial score (nSPS) is 16.7. The predicted octanol–water partition coefficient (Wildman–Crippen LogP) is 1.45. The minimum Gasteiger partial charge on any atom is -0.484 e. The molecule has 0 aliphatic carbocycles. The Morgan fingerprint density at radius 1 is 1.43 bits per heavy atom. The first-order valence-corrected chi connectivity index (χ1v) is 7.45. The largest absolute Gasteiger partial charge is 0.484 e. The lowest BCUT2D eigenvalue weighted by Crippen LogP contribution is -2.39. The summed E-state index contributed by atoms with van der Waals surface area (Å²) in [5, 5.41) is 0. The molecule has 0 unspecified atom stereocenters. The first-order chi connectivity index (χ1) is 10.0. The van der Waals surface area contributed by atoms with E-state index in [2.05, 4.69) is 11.9 Å². The second-order valence-electron chi connectivity index (χ2n) is 5.88. The first-order valence-electron chi connectivity index (χ1n) is 7.45. The third-order valence-electron chi connectivity index (χ3n) is 4.02. The Morgan fingerprint density at radius 3 is 2.81 bits per heavy atom. The van der Waals surface area contributed by atoms with Gasteiger partial charge in [0.15, 0.2) is 6.61 Å². The Bertz CT molecular complexity index is 470. The lowest BCUT2D eigenvalue weighted by Gasteiger charge is -2.31. The second kappa shape index (κ2) is 7.31. The number of nitrogens with two attached hydrogens (primary N) is 1. The molecule has 0 bridgehead atoms. The van der Waals surface area contributed by atoms with Crippen molar-refractivity contribution in [3.8, 4) is 5.75 Å². The molecule has 0 saturated carbocycles. The smallest absolute Gasteiger partial charge is 0.260 e. The zero-order valence-corrected chi connectivity index (χ0v) is 12.9. The summed E-state index contributed by atoms with van der Waals surface area (Å²) in [6.45, 7) is 3.11. The van der Waals surface area contributed by atoms with E-state index in [0.717, 1.165) is 32.5 Å². The third kappa shape index (κ3) is 4.93. The number of carbonyl (C=O) groups is 1. The number of amides is 1. The van der Waals surface area contributed by atoms with Crippen LogP contribution in [0.4, 0.5) is 5.69 Å². The number of likely N-dealkylation sites (N-methyl/N-ethyl adjacent to an activating group) is 1. The molecule has 0 spiro atoms. The number of carbonyl (C=O) groups excluding carboxylic acids is 1. The maximum absolute atomic E-state index is 12.1. The number of ether oxygens (including phenoxy) is 1. The number of likely N-dealkylation sites (tertiary alicyclic amines) is 1. The standard InChI is InChI=1S/C16H25N3O2/c1-18-8-6-13(7-9-18)11-19(2)16(20)12-21-15-5-3-4-14(17)10-15/h3-5,10,13H,6-9,11-12,17H2,1-2H3. The van der Waals surface area contributed by atoms with Crippen molar-refractivity contribution in [1.29, 1.82) is 0 Å². The molecule has 1 amide bonds. The van der Waals surface area contributed by atoms with E-state index in [0.29, 0.717) is 17.4 Å². The van der Waals surface area contributed by atoms with Gasteiger partial charge in [0.2, 0.25) is 0 Å². The maximum Gasteiger partial charge on any atom is 0.260 e. The monoisotopic (exact) mass is 291 g/mol. The van der Waals surface area contributed by atoms with Crippen LogP contribution in [0.15, 0.2) is 24.3 Å². The van der Waals surface area contributed by atoms with Gasteiger partial charge in [-0.25, -0.2) is 0 Å². The minimum absolute atomic E-state index is 0.0105. The zero-order chi connectivity index (χ0) is 15.2. The highest BCUT2D eigenvalue weighted by Crippen LogP contribution is 2.17. The molecule has 1 aliphatic heterocycles. The van der Waals surface area contributed by atoms with Crippen molar-refractivity contribution in [2.45, 2.75) is 12.8 Å². The molecule has 0 aromatic heterocycles. The van der Waals surface area contributed by atoms with Crippen molar-refractivity contribution in [3.05, 3.63) is 24.3 Å². The van der Waals surface area contributed by atoms with Crippen molar-refractivity contribution in [2.75, 3.05) is 46.1 Å². The molecule has 1 aromatic carbocycles. The van der Waals surface area contributed by atoms with Gasteiger partial charge in [-0.05, 0) is 51.0 Å². The summed E-state index contributed by atoms with van der Waals surface area (Å²) in [7, 11) is 3.99. The first kappa shape index (κ1) is 15.6. The van der Waals surface area contributed by atoms with Crippen LogP contribution in [0.5, 0.6) is 5.75 Å². The predicted molar refractivity (Wildman–Crippen MR) is 84.2 cm³/mol. The van der Waals surface area contributed by atoms with Crippen LogP contribution in [0.3, 0.4) is 0 Å². The fourth-order valence-electron chi connectivity index (χ4n) is 2.59. The number of benzene rings is 1. The number of nitrogen functional groups attached to an aromatic ring is 1. The summed E-state index contributed by atoms with van der Waals surface area (Å²) in [6.07, 6.45) is 2.31. The van der Waals surface area contributed by atoms with Gasteiger partial charge in [0, 0.05) is 25.3 Å². The molecule has 116 valence electrons. The summed E-state index contributed by atoms with van der Waals surface area (Å²) in [5.41, 5.74) is 6.32. The maximum atomic E-state index is 12.1. The number of hydrogen-bond acceptors (Lipinski definition) is 4. The van der Waals surface area contributed by atoms with Gasteiger partial charge < -0.3 is 20.3 Å². The summed E-state index contributed by atoms with van der Waals surface area (Å²) in [4.78, 5) is 16.2. The van der Waals surface area contributed by atoms with E-state index < -0.39 is 0 Å². The highest BCUT2D eigenvalue weighted by molar-refractivity contribution is 5.77. The second-order valence-corrected chi connectivity index (χ2v) is 5.88. The molecule has 1 saturated heterocycles. The topological polar surface area (TPSA) is 58.8 Å². The average Bonchev–Trinajstić information content (AvgIpc) is 2.47. The highest BCUT2D eigenvalue weighted by Gasteiger charge is 2.20. The molecular weight excluding hydrogens is 266 g/mol. The van der Waals surface area contributed by atoms with Gasteiger partial charge >= 0.3 is 0 Å². The Labute approximate surface area is 126 Å². The molecule has 1 aliphatic rings. The SMILES string of the molecule is CN1CCC(CN(C)C(=O)COc2cccc(N)c2)CC1. The van der Waals surface area contributed by atoms with Crippen LogP contribution in [0.2, 0.25) is 0 Å². The Balaban J connectivity index is 1.75. The Hall–Kier alpha value is -1.75. The van der Waals surface area contributed by atoms with E-state index in [9.17, 15) is 4.79 Å². The van der Waals surface area contributed by atoms with Gasteiger partial charge in [-0.1, -0.05) is 6.07 Å². The van der Waals surface area contributed by atoms with Gasteiger partial charge in [0.05, 0.1) is 0 Å².